The number of alkyl halides is 2. The number of anilines is 1. The molecule has 0 bridgehead atoms. The molecule has 1 unspecified atom stereocenters. The second-order valence-corrected chi connectivity index (χ2v) is 6.40. The number of hydrogen-bond acceptors (Lipinski definition) is 4. The summed E-state index contributed by atoms with van der Waals surface area (Å²) in [6.07, 6.45) is -0.437. The number of carbonyl (C=O) groups is 1. The number of nitrogens with one attached hydrogen (secondary N) is 1. The van der Waals surface area contributed by atoms with E-state index in [0.29, 0.717) is 30.2 Å². The van der Waals surface area contributed by atoms with Gasteiger partial charge in [0, 0.05) is 23.5 Å². The maximum atomic E-state index is 12.7. The minimum absolute atomic E-state index is 0.0290. The van der Waals surface area contributed by atoms with E-state index in [2.05, 4.69) is 10.4 Å². The van der Waals surface area contributed by atoms with Crippen LogP contribution in [0, 0.1) is 0 Å². The van der Waals surface area contributed by atoms with Crippen molar-refractivity contribution < 1.29 is 18.3 Å². The van der Waals surface area contributed by atoms with Crippen molar-refractivity contribution in [2.75, 3.05) is 11.9 Å². The van der Waals surface area contributed by atoms with Crippen molar-refractivity contribution in [1.29, 1.82) is 0 Å². The molecule has 0 saturated heterocycles. The summed E-state index contributed by atoms with van der Waals surface area (Å²) in [7, 11) is 0. The summed E-state index contributed by atoms with van der Waals surface area (Å²) in [5, 5.41) is 6.78. The molecule has 1 atom stereocenters. The van der Waals surface area contributed by atoms with Gasteiger partial charge in [0.1, 0.15) is 18.9 Å². The van der Waals surface area contributed by atoms with Gasteiger partial charge in [0.25, 0.3) is 12.3 Å². The monoisotopic (exact) mass is 364 g/mol. The van der Waals surface area contributed by atoms with E-state index in [-0.39, 0.29) is 11.7 Å². The molecule has 1 aliphatic heterocycles. The normalized spacial score (nSPS) is 16.3. The number of hydrogen-bond donors (Lipinski definition) is 2. The summed E-state index contributed by atoms with van der Waals surface area (Å²) >= 11 is 0. The first-order valence-corrected chi connectivity index (χ1v) is 8.63. The number of aromatic nitrogens is 2. The number of aryl methyl sites for hydroxylation is 1. The first kappa shape index (κ1) is 18.3. The van der Waals surface area contributed by atoms with Crippen molar-refractivity contribution in [1.82, 2.24) is 9.78 Å². The molecule has 1 aliphatic rings. The Morgan fingerprint density at radius 2 is 2.27 bits per heavy atom. The SMILES string of the molecule is CCCc1cc(C(=O)Nc2ccc3c(c2)OCC(N)C3)nn1CC(F)F. The van der Waals surface area contributed by atoms with E-state index in [4.69, 9.17) is 10.5 Å². The molecule has 0 spiro atoms. The summed E-state index contributed by atoms with van der Waals surface area (Å²) in [6.45, 7) is 1.86. The highest BCUT2D eigenvalue weighted by Crippen LogP contribution is 2.28. The number of fused-ring (bicyclic) bond motifs is 1. The van der Waals surface area contributed by atoms with Gasteiger partial charge in [0.15, 0.2) is 5.69 Å². The lowest BCUT2D eigenvalue weighted by Gasteiger charge is -2.22. The Labute approximate surface area is 150 Å². The van der Waals surface area contributed by atoms with Gasteiger partial charge < -0.3 is 15.8 Å². The molecule has 2 aromatic rings. The zero-order valence-electron chi connectivity index (χ0n) is 14.5. The molecule has 8 heteroatoms. The molecule has 26 heavy (non-hydrogen) atoms. The standard InChI is InChI=1S/C18H22F2N4O2/c1-2-3-14-8-15(23-24(14)9-17(19)20)18(25)22-13-5-4-11-6-12(21)10-26-16(11)7-13/h4-5,7-8,12,17H,2-3,6,9-10,21H2,1H3,(H,22,25). The van der Waals surface area contributed by atoms with Crippen molar-refractivity contribution >= 4 is 11.6 Å². The van der Waals surface area contributed by atoms with Crippen molar-refractivity contribution in [3.8, 4) is 5.75 Å². The van der Waals surface area contributed by atoms with Gasteiger partial charge in [-0.25, -0.2) is 8.78 Å². The number of halogens is 2. The number of carbonyl (C=O) groups excluding carboxylic acids is 1. The minimum atomic E-state index is -2.52. The van der Waals surface area contributed by atoms with Crippen LogP contribution in [-0.4, -0.2) is 34.8 Å². The fourth-order valence-corrected chi connectivity index (χ4v) is 2.98. The molecule has 3 N–H and O–H groups in total. The van der Waals surface area contributed by atoms with Crippen LogP contribution in [0.15, 0.2) is 24.3 Å². The first-order valence-electron chi connectivity index (χ1n) is 8.63. The van der Waals surface area contributed by atoms with Crippen LogP contribution < -0.4 is 15.8 Å². The van der Waals surface area contributed by atoms with Crippen molar-refractivity contribution in [2.45, 2.75) is 45.2 Å². The lowest BCUT2D eigenvalue weighted by atomic mass is 10.0. The van der Waals surface area contributed by atoms with Crippen LogP contribution >= 0.6 is 0 Å². The largest absolute Gasteiger partial charge is 0.492 e. The van der Waals surface area contributed by atoms with Gasteiger partial charge >= 0.3 is 0 Å². The Bertz CT molecular complexity index is 791. The van der Waals surface area contributed by atoms with E-state index in [1.54, 1.807) is 18.2 Å². The lowest BCUT2D eigenvalue weighted by molar-refractivity contribution is 0.101. The molecular weight excluding hydrogens is 342 g/mol. The van der Waals surface area contributed by atoms with Gasteiger partial charge in [-0.3, -0.25) is 9.48 Å². The summed E-state index contributed by atoms with van der Waals surface area (Å²) in [4.78, 5) is 12.5. The maximum Gasteiger partial charge on any atom is 0.276 e. The fourth-order valence-electron chi connectivity index (χ4n) is 2.98. The summed E-state index contributed by atoms with van der Waals surface area (Å²) in [6, 6.07) is 6.90. The smallest absolute Gasteiger partial charge is 0.276 e. The number of amides is 1. The predicted octanol–water partition coefficient (Wildman–Crippen LogP) is 2.62. The second kappa shape index (κ2) is 7.82. The highest BCUT2D eigenvalue weighted by Gasteiger charge is 2.19. The van der Waals surface area contributed by atoms with Gasteiger partial charge in [-0.05, 0) is 30.5 Å². The fraction of sp³-hybridized carbons (Fsp3) is 0.444. The molecule has 0 radical (unpaired) electrons. The topological polar surface area (TPSA) is 82.2 Å². The molecule has 1 aromatic heterocycles. The molecule has 2 heterocycles. The Kier molecular flexibility index (Phi) is 5.51. The van der Waals surface area contributed by atoms with E-state index in [0.717, 1.165) is 18.4 Å². The Morgan fingerprint density at radius 3 is 3.00 bits per heavy atom. The van der Waals surface area contributed by atoms with Crippen molar-refractivity contribution in [3.05, 3.63) is 41.2 Å². The van der Waals surface area contributed by atoms with Gasteiger partial charge in [-0.2, -0.15) is 5.10 Å². The van der Waals surface area contributed by atoms with Crippen LogP contribution in [0.2, 0.25) is 0 Å². The number of nitrogens with zero attached hydrogens (tertiary/aromatic N) is 2. The average Bonchev–Trinajstić information content (AvgIpc) is 2.97. The van der Waals surface area contributed by atoms with Crippen molar-refractivity contribution in [3.63, 3.8) is 0 Å². The first-order chi connectivity index (χ1) is 12.5. The highest BCUT2D eigenvalue weighted by atomic mass is 19.3. The Hall–Kier alpha value is -2.48. The number of ether oxygens (including phenoxy) is 1. The van der Waals surface area contributed by atoms with Crippen LogP contribution in [0.5, 0.6) is 5.75 Å². The van der Waals surface area contributed by atoms with E-state index in [1.807, 2.05) is 13.0 Å². The predicted molar refractivity (Wildman–Crippen MR) is 93.8 cm³/mol. The summed E-state index contributed by atoms with van der Waals surface area (Å²) < 4.78 is 32.2. The second-order valence-electron chi connectivity index (χ2n) is 6.40. The van der Waals surface area contributed by atoms with Crippen LogP contribution in [0.4, 0.5) is 14.5 Å². The minimum Gasteiger partial charge on any atom is -0.492 e. The third-order valence-corrected chi connectivity index (χ3v) is 4.17. The maximum absolute atomic E-state index is 12.7. The van der Waals surface area contributed by atoms with E-state index in [9.17, 15) is 13.6 Å². The number of nitrogens with two attached hydrogens (primary N) is 1. The van der Waals surface area contributed by atoms with Crippen LogP contribution in [0.3, 0.4) is 0 Å². The van der Waals surface area contributed by atoms with Crippen LogP contribution in [0.1, 0.15) is 35.1 Å². The lowest BCUT2D eigenvalue weighted by Crippen LogP contribution is -2.33. The quantitative estimate of drug-likeness (QED) is 0.825. The summed E-state index contributed by atoms with van der Waals surface area (Å²) in [5.41, 5.74) is 8.16. The number of rotatable bonds is 6. The molecule has 0 saturated carbocycles. The van der Waals surface area contributed by atoms with E-state index < -0.39 is 18.9 Å². The molecule has 1 aromatic carbocycles. The van der Waals surface area contributed by atoms with E-state index >= 15 is 0 Å². The Balaban J connectivity index is 1.75. The molecule has 3 rings (SSSR count). The van der Waals surface area contributed by atoms with Gasteiger partial charge in [-0.15, -0.1) is 0 Å². The van der Waals surface area contributed by atoms with E-state index in [1.165, 1.54) is 4.68 Å². The highest BCUT2D eigenvalue weighted by molar-refractivity contribution is 6.03. The average molecular weight is 364 g/mol. The Morgan fingerprint density at radius 1 is 1.46 bits per heavy atom. The third kappa shape index (κ3) is 4.19. The molecular formula is C18H22F2N4O2. The van der Waals surface area contributed by atoms with Crippen LogP contribution in [-0.2, 0) is 19.4 Å². The molecule has 1 amide bonds. The van der Waals surface area contributed by atoms with Gasteiger partial charge in [0.2, 0.25) is 0 Å². The zero-order chi connectivity index (χ0) is 18.7. The summed E-state index contributed by atoms with van der Waals surface area (Å²) in [5.74, 6) is 0.252. The van der Waals surface area contributed by atoms with Gasteiger partial charge in [-0.1, -0.05) is 19.4 Å². The molecule has 140 valence electrons. The van der Waals surface area contributed by atoms with Crippen LogP contribution in [0.25, 0.3) is 0 Å². The molecule has 0 fully saturated rings. The number of benzene rings is 1. The third-order valence-electron chi connectivity index (χ3n) is 4.17. The van der Waals surface area contributed by atoms with Crippen molar-refractivity contribution in [2.24, 2.45) is 5.73 Å². The molecule has 0 aliphatic carbocycles. The van der Waals surface area contributed by atoms with Gasteiger partial charge in [0.05, 0.1) is 0 Å². The molecule has 6 nitrogen and oxygen atoms in total. The zero-order valence-corrected chi connectivity index (χ0v) is 14.5.